The van der Waals surface area contributed by atoms with Gasteiger partial charge in [-0.15, -0.1) is 18.3 Å². The second kappa shape index (κ2) is 12.2. The molecule has 3 aromatic rings. The summed E-state index contributed by atoms with van der Waals surface area (Å²) < 4.78 is 70.4. The largest absolute Gasteiger partial charge is 0.573 e. The Morgan fingerprint density at radius 1 is 0.950 bits per heavy atom. The summed E-state index contributed by atoms with van der Waals surface area (Å²) in [6, 6.07) is 12.0. The minimum atomic E-state index is -4.77. The van der Waals surface area contributed by atoms with Crippen LogP contribution in [0.25, 0.3) is 17.1 Å². The molecule has 0 unspecified atom stereocenters. The van der Waals surface area contributed by atoms with E-state index >= 15 is 0 Å². The first-order chi connectivity index (χ1) is 19.0. The summed E-state index contributed by atoms with van der Waals surface area (Å²) in [7, 11) is 4.52. The van der Waals surface area contributed by atoms with E-state index in [9.17, 15) is 18.0 Å². The highest BCUT2D eigenvalue weighted by Crippen LogP contribution is 2.28. The Morgan fingerprint density at radius 2 is 1.57 bits per heavy atom. The number of anilines is 1. The van der Waals surface area contributed by atoms with Gasteiger partial charge < -0.3 is 28.4 Å². The monoisotopic (exact) mass is 566 g/mol. The number of carbonyl (C=O) groups excluding carboxylic acids is 1. The molecule has 2 heterocycles. The van der Waals surface area contributed by atoms with Gasteiger partial charge in [-0.2, -0.15) is 0 Å². The minimum absolute atomic E-state index is 0.337. The van der Waals surface area contributed by atoms with Gasteiger partial charge in [0.2, 0.25) is 6.29 Å². The number of amides is 1. The maximum absolute atomic E-state index is 12.6. The summed E-state index contributed by atoms with van der Waals surface area (Å²) >= 11 is 0. The molecule has 1 aliphatic rings. The first-order valence-electron chi connectivity index (χ1n) is 12.1. The van der Waals surface area contributed by atoms with Crippen molar-refractivity contribution in [2.75, 3.05) is 26.6 Å². The Balaban J connectivity index is 1.40. The number of nitrogens with zero attached hydrogens (tertiary/aromatic N) is 3. The number of ether oxygens (including phenoxy) is 6. The highest BCUT2D eigenvalue weighted by atomic mass is 19.4. The van der Waals surface area contributed by atoms with Crippen molar-refractivity contribution in [2.45, 2.75) is 50.9 Å². The molecule has 0 aliphatic carbocycles. The van der Waals surface area contributed by atoms with Gasteiger partial charge in [-0.05, 0) is 62.4 Å². The van der Waals surface area contributed by atoms with Crippen molar-refractivity contribution in [2.24, 2.45) is 0 Å². The second-order valence-electron chi connectivity index (χ2n) is 8.85. The van der Waals surface area contributed by atoms with Crippen LogP contribution in [-0.4, -0.2) is 79.3 Å². The van der Waals surface area contributed by atoms with E-state index in [4.69, 9.17) is 23.7 Å². The molecule has 216 valence electrons. The standard InChI is InChI=1S/C26H29F3N4O7/c1-14-20(35-3)21(36-4)22(37-5)24(38-14)39-25(34)31-17-8-6-16(7-9-17)23-30-15(2)33(32-23)18-10-12-19(13-11-18)40-26(27,28)29/h6-14,20-22,24H,1-5H3,(H,31,34)/t14-,20-,21+,22+,24+/m0/s1. The number of alkyl halides is 3. The molecule has 14 heteroatoms. The number of aromatic nitrogens is 3. The molecule has 0 radical (unpaired) electrons. The lowest BCUT2D eigenvalue weighted by molar-refractivity contribution is -0.288. The summed E-state index contributed by atoms with van der Waals surface area (Å²) in [5.74, 6) is 0.564. The third-order valence-corrected chi connectivity index (χ3v) is 6.24. The van der Waals surface area contributed by atoms with Gasteiger partial charge in [-0.25, -0.2) is 14.5 Å². The molecule has 40 heavy (non-hydrogen) atoms. The van der Waals surface area contributed by atoms with Gasteiger partial charge in [0, 0.05) is 32.6 Å². The fourth-order valence-electron chi connectivity index (χ4n) is 4.41. The minimum Gasteiger partial charge on any atom is -0.416 e. The van der Waals surface area contributed by atoms with E-state index < -0.39 is 43.2 Å². The Hall–Kier alpha value is -3.72. The Kier molecular flexibility index (Phi) is 8.93. The smallest absolute Gasteiger partial charge is 0.416 e. The average molecular weight is 567 g/mol. The van der Waals surface area contributed by atoms with E-state index in [1.54, 1.807) is 38.1 Å². The lowest BCUT2D eigenvalue weighted by atomic mass is 9.99. The molecule has 11 nitrogen and oxygen atoms in total. The highest BCUT2D eigenvalue weighted by molar-refractivity contribution is 5.85. The van der Waals surface area contributed by atoms with Crippen molar-refractivity contribution in [1.29, 1.82) is 0 Å². The predicted octanol–water partition coefficient (Wildman–Crippen LogP) is 4.48. The van der Waals surface area contributed by atoms with Gasteiger partial charge in [-0.1, -0.05) is 0 Å². The van der Waals surface area contributed by atoms with E-state index in [1.807, 2.05) is 0 Å². The van der Waals surface area contributed by atoms with Crippen LogP contribution in [0, 0.1) is 6.92 Å². The van der Waals surface area contributed by atoms with Crippen LogP contribution in [0.5, 0.6) is 5.75 Å². The molecule has 1 aliphatic heterocycles. The third-order valence-electron chi connectivity index (χ3n) is 6.24. The van der Waals surface area contributed by atoms with Crippen molar-refractivity contribution in [1.82, 2.24) is 14.8 Å². The van der Waals surface area contributed by atoms with Crippen molar-refractivity contribution in [3.63, 3.8) is 0 Å². The van der Waals surface area contributed by atoms with Crippen LogP contribution in [0.4, 0.5) is 23.7 Å². The van der Waals surface area contributed by atoms with Gasteiger partial charge in [0.05, 0.1) is 11.8 Å². The lowest BCUT2D eigenvalue weighted by Crippen LogP contribution is -2.59. The van der Waals surface area contributed by atoms with Gasteiger partial charge in [0.25, 0.3) is 0 Å². The van der Waals surface area contributed by atoms with Gasteiger partial charge in [0.15, 0.2) is 5.82 Å². The van der Waals surface area contributed by atoms with Crippen molar-refractivity contribution >= 4 is 11.8 Å². The SMILES string of the molecule is CO[C@@H]1[C@@H](OC)[C@H](C)O[C@H](OC(=O)Nc2ccc(-c3nc(C)n(-c4ccc(OC(F)(F)F)cc4)n3)cc2)[C@@H]1OC. The number of aryl methyl sites for hydroxylation is 1. The fraction of sp³-hybridized carbons (Fsp3) is 0.423. The number of rotatable bonds is 8. The molecule has 1 amide bonds. The number of nitrogens with one attached hydrogen (secondary N) is 1. The molecule has 5 atom stereocenters. The van der Waals surface area contributed by atoms with Crippen molar-refractivity contribution in [3.05, 3.63) is 54.4 Å². The van der Waals surface area contributed by atoms with Crippen LogP contribution in [0.15, 0.2) is 48.5 Å². The lowest BCUT2D eigenvalue weighted by Gasteiger charge is -2.43. The molecule has 0 saturated carbocycles. The first-order valence-corrected chi connectivity index (χ1v) is 12.1. The second-order valence-corrected chi connectivity index (χ2v) is 8.85. The van der Waals surface area contributed by atoms with Crippen molar-refractivity contribution < 1.29 is 46.4 Å². The average Bonchev–Trinajstić information content (AvgIpc) is 3.29. The van der Waals surface area contributed by atoms with E-state index in [2.05, 4.69) is 20.1 Å². The zero-order valence-corrected chi connectivity index (χ0v) is 22.3. The molecule has 2 aromatic carbocycles. The molecular weight excluding hydrogens is 537 g/mol. The molecule has 0 bridgehead atoms. The maximum atomic E-state index is 12.6. The summed E-state index contributed by atoms with van der Waals surface area (Å²) in [5.41, 5.74) is 1.60. The molecule has 0 spiro atoms. The summed E-state index contributed by atoms with van der Waals surface area (Å²) in [6.45, 7) is 3.50. The third kappa shape index (κ3) is 6.70. The molecule has 1 N–H and O–H groups in total. The Morgan fingerprint density at radius 3 is 2.15 bits per heavy atom. The first kappa shape index (κ1) is 29.3. The summed E-state index contributed by atoms with van der Waals surface area (Å²) in [5, 5.41) is 7.10. The van der Waals surface area contributed by atoms with E-state index in [-0.39, 0.29) is 5.75 Å². The van der Waals surface area contributed by atoms with Gasteiger partial charge in [0.1, 0.15) is 29.9 Å². The van der Waals surface area contributed by atoms with Gasteiger partial charge in [-0.3, -0.25) is 5.32 Å². The van der Waals surface area contributed by atoms with Crippen LogP contribution in [0.2, 0.25) is 0 Å². The maximum Gasteiger partial charge on any atom is 0.573 e. The zero-order chi connectivity index (χ0) is 29.0. The number of hydrogen-bond donors (Lipinski definition) is 1. The van der Waals surface area contributed by atoms with Crippen LogP contribution in [0.3, 0.4) is 0 Å². The quantitative estimate of drug-likeness (QED) is 0.421. The summed E-state index contributed by atoms with van der Waals surface area (Å²) in [4.78, 5) is 17.1. The Labute approximate surface area is 228 Å². The molecular formula is C26H29F3N4O7. The number of benzene rings is 2. The summed E-state index contributed by atoms with van der Waals surface area (Å²) in [6.07, 6.45) is -8.61. The predicted molar refractivity (Wildman–Crippen MR) is 135 cm³/mol. The number of hydrogen-bond acceptors (Lipinski definition) is 9. The van der Waals surface area contributed by atoms with Gasteiger partial charge >= 0.3 is 12.5 Å². The van der Waals surface area contributed by atoms with Crippen LogP contribution in [0.1, 0.15) is 12.7 Å². The van der Waals surface area contributed by atoms with Crippen LogP contribution >= 0.6 is 0 Å². The fourth-order valence-corrected chi connectivity index (χ4v) is 4.41. The van der Waals surface area contributed by atoms with Crippen molar-refractivity contribution in [3.8, 4) is 22.8 Å². The topological polar surface area (TPSA) is 115 Å². The molecule has 1 aromatic heterocycles. The number of halogens is 3. The number of methoxy groups -OCH3 is 3. The number of carbonyl (C=O) groups is 1. The van der Waals surface area contributed by atoms with E-state index in [0.717, 1.165) is 0 Å². The van der Waals surface area contributed by atoms with E-state index in [0.29, 0.717) is 28.6 Å². The molecule has 1 fully saturated rings. The van der Waals surface area contributed by atoms with Crippen LogP contribution < -0.4 is 10.1 Å². The Bertz CT molecular complexity index is 1280. The molecule has 1 saturated heterocycles. The van der Waals surface area contributed by atoms with E-state index in [1.165, 1.54) is 50.3 Å². The van der Waals surface area contributed by atoms with Crippen LogP contribution in [-0.2, 0) is 23.7 Å². The molecule has 4 rings (SSSR count). The normalized spacial score (nSPS) is 23.1. The zero-order valence-electron chi connectivity index (χ0n) is 22.3. The highest BCUT2D eigenvalue weighted by Gasteiger charge is 2.47.